The van der Waals surface area contributed by atoms with Gasteiger partial charge in [0.25, 0.3) is 0 Å². The summed E-state index contributed by atoms with van der Waals surface area (Å²) >= 11 is 3.18. The zero-order valence-corrected chi connectivity index (χ0v) is 16.0. The fraction of sp³-hybridized carbons (Fsp3) is 0.471. The molecular formula is C17H23N5S2. The van der Waals surface area contributed by atoms with Crippen LogP contribution in [0.2, 0.25) is 0 Å². The molecule has 7 heteroatoms. The van der Waals surface area contributed by atoms with Crippen LogP contribution in [0.4, 0.5) is 11.6 Å². The maximum atomic E-state index is 5.88. The first kappa shape index (κ1) is 17.4. The second kappa shape index (κ2) is 7.61. The number of anilines is 2. The van der Waals surface area contributed by atoms with Crippen LogP contribution in [0.15, 0.2) is 28.4 Å². The highest BCUT2D eigenvalue weighted by molar-refractivity contribution is 7.99. The Labute approximate surface area is 151 Å². The number of nitrogen functional groups attached to an aromatic ring is 1. The van der Waals surface area contributed by atoms with Gasteiger partial charge in [-0.15, -0.1) is 11.8 Å². The Morgan fingerprint density at radius 2 is 1.88 bits per heavy atom. The third-order valence-corrected chi connectivity index (χ3v) is 5.63. The predicted molar refractivity (Wildman–Crippen MR) is 103 cm³/mol. The molecule has 2 aromatic rings. The van der Waals surface area contributed by atoms with Crippen molar-refractivity contribution in [3.05, 3.63) is 29.5 Å². The molecule has 1 aliphatic rings. The van der Waals surface area contributed by atoms with Crippen LogP contribution in [0.1, 0.15) is 36.3 Å². The van der Waals surface area contributed by atoms with Gasteiger partial charge in [-0.2, -0.15) is 0 Å². The van der Waals surface area contributed by atoms with Crippen molar-refractivity contribution in [3.8, 4) is 0 Å². The van der Waals surface area contributed by atoms with E-state index in [1.807, 2.05) is 6.26 Å². The number of rotatable bonds is 5. The lowest BCUT2D eigenvalue weighted by Gasteiger charge is -2.19. The van der Waals surface area contributed by atoms with E-state index in [0.29, 0.717) is 11.0 Å². The first-order valence-corrected chi connectivity index (χ1v) is 10.2. The Balaban J connectivity index is 1.81. The molecule has 5 nitrogen and oxygen atoms in total. The molecule has 2 aromatic heterocycles. The fourth-order valence-electron chi connectivity index (χ4n) is 2.79. The quantitative estimate of drug-likeness (QED) is 0.491. The molecule has 3 rings (SSSR count). The largest absolute Gasteiger partial charge is 0.384 e. The minimum atomic E-state index is 0.169. The van der Waals surface area contributed by atoms with Crippen LogP contribution in [0, 0.1) is 6.92 Å². The summed E-state index contributed by atoms with van der Waals surface area (Å²) in [5.41, 5.74) is 8.19. The van der Waals surface area contributed by atoms with Crippen LogP contribution in [-0.2, 0) is 0 Å². The summed E-state index contributed by atoms with van der Waals surface area (Å²) < 4.78 is 0. The molecule has 0 bridgehead atoms. The van der Waals surface area contributed by atoms with E-state index in [9.17, 15) is 0 Å². The topological polar surface area (TPSA) is 67.9 Å². The van der Waals surface area contributed by atoms with Gasteiger partial charge in [-0.1, -0.05) is 11.8 Å². The van der Waals surface area contributed by atoms with Gasteiger partial charge in [0.1, 0.15) is 16.7 Å². The molecule has 0 aromatic carbocycles. The van der Waals surface area contributed by atoms with Gasteiger partial charge in [0, 0.05) is 19.2 Å². The van der Waals surface area contributed by atoms with Crippen LogP contribution in [0.3, 0.4) is 0 Å². The number of thioether (sulfide) groups is 2. The van der Waals surface area contributed by atoms with E-state index in [4.69, 9.17) is 10.7 Å². The van der Waals surface area contributed by atoms with Crippen molar-refractivity contribution in [1.29, 1.82) is 0 Å². The minimum absolute atomic E-state index is 0.169. The predicted octanol–water partition coefficient (Wildman–Crippen LogP) is 3.94. The van der Waals surface area contributed by atoms with E-state index in [2.05, 4.69) is 40.8 Å². The van der Waals surface area contributed by atoms with E-state index >= 15 is 0 Å². The monoisotopic (exact) mass is 361 g/mol. The second-order valence-corrected chi connectivity index (χ2v) is 8.13. The Hall–Kier alpha value is -1.47. The van der Waals surface area contributed by atoms with Crippen LogP contribution < -0.4 is 10.6 Å². The highest BCUT2D eigenvalue weighted by atomic mass is 32.2. The highest BCUT2D eigenvalue weighted by Crippen LogP contribution is 2.34. The van der Waals surface area contributed by atoms with Crippen molar-refractivity contribution in [3.63, 3.8) is 0 Å². The maximum absolute atomic E-state index is 5.88. The molecule has 1 unspecified atom stereocenters. The van der Waals surface area contributed by atoms with E-state index in [1.165, 1.54) is 18.4 Å². The molecule has 24 heavy (non-hydrogen) atoms. The number of hydrogen-bond donors (Lipinski definition) is 1. The molecule has 0 radical (unpaired) electrons. The molecule has 1 aliphatic heterocycles. The Bertz CT molecular complexity index is 716. The molecule has 128 valence electrons. The number of aromatic nitrogens is 3. The zero-order valence-electron chi connectivity index (χ0n) is 14.3. The van der Waals surface area contributed by atoms with Crippen molar-refractivity contribution < 1.29 is 0 Å². The fourth-order valence-corrected chi connectivity index (χ4v) is 4.13. The van der Waals surface area contributed by atoms with Crippen molar-refractivity contribution in [2.45, 2.75) is 42.1 Å². The SMILES string of the molecule is CSc1cc(N)nc(SC(C)c2cc(C)cc(N3CCCC3)n2)n1. The molecule has 1 fully saturated rings. The van der Waals surface area contributed by atoms with Crippen molar-refractivity contribution in [2.75, 3.05) is 30.0 Å². The lowest BCUT2D eigenvalue weighted by atomic mass is 10.2. The smallest absolute Gasteiger partial charge is 0.191 e. The molecule has 3 heterocycles. The Morgan fingerprint density at radius 3 is 2.58 bits per heavy atom. The summed E-state index contributed by atoms with van der Waals surface area (Å²) in [6.07, 6.45) is 4.50. The molecule has 2 N–H and O–H groups in total. The lowest BCUT2D eigenvalue weighted by molar-refractivity contribution is 0.879. The lowest BCUT2D eigenvalue weighted by Crippen LogP contribution is -2.19. The van der Waals surface area contributed by atoms with Crippen LogP contribution in [-0.4, -0.2) is 34.3 Å². The number of aryl methyl sites for hydroxylation is 1. The summed E-state index contributed by atoms with van der Waals surface area (Å²) in [6, 6.07) is 6.13. The van der Waals surface area contributed by atoms with Crippen molar-refractivity contribution >= 4 is 35.2 Å². The Morgan fingerprint density at radius 1 is 1.12 bits per heavy atom. The minimum Gasteiger partial charge on any atom is -0.384 e. The maximum Gasteiger partial charge on any atom is 0.191 e. The molecule has 0 amide bonds. The van der Waals surface area contributed by atoms with Crippen LogP contribution >= 0.6 is 23.5 Å². The van der Waals surface area contributed by atoms with Crippen LogP contribution in [0.25, 0.3) is 0 Å². The van der Waals surface area contributed by atoms with E-state index in [1.54, 1.807) is 29.6 Å². The highest BCUT2D eigenvalue weighted by Gasteiger charge is 2.18. The van der Waals surface area contributed by atoms with Gasteiger partial charge in [0.2, 0.25) is 0 Å². The van der Waals surface area contributed by atoms with Crippen molar-refractivity contribution in [1.82, 2.24) is 15.0 Å². The van der Waals surface area contributed by atoms with Gasteiger partial charge in [-0.05, 0) is 50.6 Å². The van der Waals surface area contributed by atoms with Crippen LogP contribution in [0.5, 0.6) is 0 Å². The van der Waals surface area contributed by atoms with Gasteiger partial charge >= 0.3 is 0 Å². The molecule has 1 saturated heterocycles. The van der Waals surface area contributed by atoms with Gasteiger partial charge in [-0.25, -0.2) is 15.0 Å². The number of pyridine rings is 1. The van der Waals surface area contributed by atoms with E-state index < -0.39 is 0 Å². The summed E-state index contributed by atoms with van der Waals surface area (Å²) in [7, 11) is 0. The Kier molecular flexibility index (Phi) is 5.50. The summed E-state index contributed by atoms with van der Waals surface area (Å²) in [6.45, 7) is 6.48. The van der Waals surface area contributed by atoms with Gasteiger partial charge in [0.15, 0.2) is 5.16 Å². The molecule has 0 saturated carbocycles. The average molecular weight is 362 g/mol. The van der Waals surface area contributed by atoms with Gasteiger partial charge in [0.05, 0.1) is 10.9 Å². The number of hydrogen-bond acceptors (Lipinski definition) is 7. The standard InChI is InChI=1S/C17H23N5S2/c1-11-8-13(19-15(9-11)22-6-4-5-7-22)12(2)24-17-20-14(18)10-16(21-17)23-3/h8-10,12H,4-7H2,1-3H3,(H2,18,20,21). The molecule has 0 spiro atoms. The molecule has 1 atom stereocenters. The molecular weight excluding hydrogens is 338 g/mol. The first-order chi connectivity index (χ1) is 11.5. The van der Waals surface area contributed by atoms with E-state index in [-0.39, 0.29) is 5.25 Å². The first-order valence-electron chi connectivity index (χ1n) is 8.14. The number of nitrogens with zero attached hydrogens (tertiary/aromatic N) is 4. The van der Waals surface area contributed by atoms with Gasteiger partial charge in [-0.3, -0.25) is 0 Å². The third kappa shape index (κ3) is 4.13. The third-order valence-electron chi connectivity index (χ3n) is 4.02. The summed E-state index contributed by atoms with van der Waals surface area (Å²) in [4.78, 5) is 16.1. The normalized spacial score (nSPS) is 15.7. The van der Waals surface area contributed by atoms with Gasteiger partial charge < -0.3 is 10.6 Å². The summed E-state index contributed by atoms with van der Waals surface area (Å²) in [5, 5.41) is 1.77. The second-order valence-electron chi connectivity index (χ2n) is 6.00. The average Bonchev–Trinajstić information content (AvgIpc) is 3.08. The number of nitrogens with two attached hydrogens (primary N) is 1. The van der Waals surface area contributed by atoms with E-state index in [0.717, 1.165) is 29.6 Å². The molecule has 0 aliphatic carbocycles. The zero-order chi connectivity index (χ0) is 17.1. The summed E-state index contributed by atoms with van der Waals surface area (Å²) in [5.74, 6) is 1.60. The van der Waals surface area contributed by atoms with Crippen molar-refractivity contribution in [2.24, 2.45) is 0 Å².